The Morgan fingerprint density at radius 1 is 1.00 bits per heavy atom. The van der Waals surface area contributed by atoms with E-state index in [0.29, 0.717) is 17.4 Å². The van der Waals surface area contributed by atoms with E-state index in [-0.39, 0.29) is 5.71 Å². The van der Waals surface area contributed by atoms with Crippen molar-refractivity contribution < 1.29 is 4.52 Å². The number of nitrogens with one attached hydrogen (secondary N) is 1. The van der Waals surface area contributed by atoms with Crippen LogP contribution in [0.3, 0.4) is 0 Å². The Hall–Kier alpha value is -3.97. The van der Waals surface area contributed by atoms with Crippen LogP contribution in [0.15, 0.2) is 58.2 Å². The molecule has 0 fully saturated rings. The highest BCUT2D eigenvalue weighted by molar-refractivity contribution is 6.10. The molecule has 0 atom stereocenters. The lowest BCUT2D eigenvalue weighted by Crippen LogP contribution is -1.96. The van der Waals surface area contributed by atoms with Gasteiger partial charge >= 0.3 is 0 Å². The second-order valence-electron chi connectivity index (χ2n) is 5.16. The Morgan fingerprint density at radius 3 is 2.28 bits per heavy atom. The fraction of sp³-hybridized carbons (Fsp3) is 0.0556. The van der Waals surface area contributed by atoms with E-state index in [4.69, 9.17) is 15.0 Å². The number of hydrogen-bond donors (Lipinski definition) is 1. The Morgan fingerprint density at radius 2 is 1.64 bits per heavy atom. The average molecular weight is 328 g/mol. The molecule has 1 aromatic heterocycles. The van der Waals surface area contributed by atoms with Crippen LogP contribution in [0.25, 0.3) is 22.8 Å². The predicted molar refractivity (Wildman–Crippen MR) is 92.2 cm³/mol. The maximum absolute atomic E-state index is 8.64. The van der Waals surface area contributed by atoms with Crippen molar-refractivity contribution in [2.24, 2.45) is 5.10 Å². The zero-order valence-electron chi connectivity index (χ0n) is 13.3. The van der Waals surface area contributed by atoms with E-state index in [0.717, 1.165) is 16.7 Å². The minimum atomic E-state index is -0.247. The lowest BCUT2D eigenvalue weighted by atomic mass is 10.1. The maximum Gasteiger partial charge on any atom is 0.258 e. The number of aromatic nitrogens is 2. The zero-order valence-corrected chi connectivity index (χ0v) is 13.3. The molecule has 0 aliphatic heterocycles. The van der Waals surface area contributed by atoms with Crippen LogP contribution in [0.5, 0.6) is 0 Å². The quantitative estimate of drug-likeness (QED) is 0.579. The second kappa shape index (κ2) is 7.07. The lowest BCUT2D eigenvalue weighted by Gasteiger charge is -2.00. The highest BCUT2D eigenvalue weighted by Crippen LogP contribution is 2.23. The van der Waals surface area contributed by atoms with Gasteiger partial charge in [0.15, 0.2) is 0 Å². The summed E-state index contributed by atoms with van der Waals surface area (Å²) in [6.45, 7) is 2.02. The molecular weight excluding hydrogens is 316 g/mol. The molecule has 2 aromatic carbocycles. The number of rotatable bonds is 4. The van der Waals surface area contributed by atoms with Crippen LogP contribution in [0.2, 0.25) is 0 Å². The smallest absolute Gasteiger partial charge is 0.258 e. The molecule has 0 aliphatic rings. The molecule has 0 amide bonds. The predicted octanol–water partition coefficient (Wildman–Crippen LogP) is 3.53. The van der Waals surface area contributed by atoms with Crippen LogP contribution in [0.1, 0.15) is 5.56 Å². The van der Waals surface area contributed by atoms with Gasteiger partial charge < -0.3 is 4.52 Å². The van der Waals surface area contributed by atoms with E-state index >= 15 is 0 Å². The summed E-state index contributed by atoms with van der Waals surface area (Å²) in [6.07, 6.45) is 0. The molecule has 1 N–H and O–H groups in total. The van der Waals surface area contributed by atoms with Gasteiger partial charge in [-0.1, -0.05) is 35.0 Å². The highest BCUT2D eigenvalue weighted by atomic mass is 16.5. The molecule has 0 aliphatic carbocycles. The minimum absolute atomic E-state index is 0.247. The second-order valence-corrected chi connectivity index (χ2v) is 5.16. The van der Waals surface area contributed by atoms with Gasteiger partial charge in [0.25, 0.3) is 5.89 Å². The van der Waals surface area contributed by atoms with Crippen molar-refractivity contribution in [1.82, 2.24) is 10.1 Å². The number of benzene rings is 2. The van der Waals surface area contributed by atoms with Crippen molar-refractivity contribution in [3.05, 3.63) is 54.1 Å². The fourth-order valence-corrected chi connectivity index (χ4v) is 2.04. The standard InChI is InChI=1S/C18H12N6O/c1-12-2-4-13(5-3-12)17-21-18(25-24-17)14-6-8-15(9-7-14)22-23-16(10-19)11-20/h2-9,22H,1H3. The van der Waals surface area contributed by atoms with Crippen LogP contribution in [-0.2, 0) is 0 Å². The number of hydrogen-bond acceptors (Lipinski definition) is 7. The van der Waals surface area contributed by atoms with Crippen molar-refractivity contribution in [2.45, 2.75) is 6.92 Å². The molecule has 0 spiro atoms. The van der Waals surface area contributed by atoms with Gasteiger partial charge in [0, 0.05) is 11.1 Å². The molecule has 0 radical (unpaired) electrons. The number of nitriles is 2. The molecule has 7 nitrogen and oxygen atoms in total. The van der Waals surface area contributed by atoms with Gasteiger partial charge in [-0.15, -0.1) is 0 Å². The molecule has 7 heteroatoms. The fourth-order valence-electron chi connectivity index (χ4n) is 2.04. The van der Waals surface area contributed by atoms with Crippen molar-refractivity contribution in [3.8, 4) is 35.0 Å². The van der Waals surface area contributed by atoms with Gasteiger partial charge in [0.2, 0.25) is 11.5 Å². The third kappa shape index (κ3) is 3.69. The first-order valence-corrected chi connectivity index (χ1v) is 7.34. The van der Waals surface area contributed by atoms with Crippen LogP contribution in [-0.4, -0.2) is 15.9 Å². The molecule has 0 bridgehead atoms. The molecule has 1 heterocycles. The van der Waals surface area contributed by atoms with Gasteiger partial charge in [-0.3, -0.25) is 5.43 Å². The summed E-state index contributed by atoms with van der Waals surface area (Å²) in [5.74, 6) is 0.926. The van der Waals surface area contributed by atoms with Crippen molar-refractivity contribution in [1.29, 1.82) is 10.5 Å². The normalized spacial score (nSPS) is 9.72. The first kappa shape index (κ1) is 15.9. The van der Waals surface area contributed by atoms with E-state index in [1.807, 2.05) is 31.2 Å². The first-order chi connectivity index (χ1) is 12.2. The van der Waals surface area contributed by atoms with Crippen molar-refractivity contribution in [3.63, 3.8) is 0 Å². The highest BCUT2D eigenvalue weighted by Gasteiger charge is 2.10. The molecule has 120 valence electrons. The summed E-state index contributed by atoms with van der Waals surface area (Å²) < 4.78 is 5.31. The topological polar surface area (TPSA) is 111 Å². The zero-order chi connectivity index (χ0) is 17.6. The summed E-state index contributed by atoms with van der Waals surface area (Å²) >= 11 is 0. The molecule has 0 saturated carbocycles. The van der Waals surface area contributed by atoms with Gasteiger partial charge in [0.1, 0.15) is 12.1 Å². The number of hydrazone groups is 1. The van der Waals surface area contributed by atoms with Crippen molar-refractivity contribution in [2.75, 3.05) is 5.43 Å². The lowest BCUT2D eigenvalue weighted by molar-refractivity contribution is 0.432. The third-order valence-electron chi connectivity index (χ3n) is 3.38. The van der Waals surface area contributed by atoms with Crippen molar-refractivity contribution >= 4 is 11.4 Å². The van der Waals surface area contributed by atoms with E-state index in [9.17, 15) is 0 Å². The van der Waals surface area contributed by atoms with Crippen LogP contribution < -0.4 is 5.43 Å². The summed E-state index contributed by atoms with van der Waals surface area (Å²) in [5, 5.41) is 25.0. The van der Waals surface area contributed by atoms with Gasteiger partial charge in [-0.2, -0.15) is 20.6 Å². The van der Waals surface area contributed by atoms with Crippen LogP contribution in [0, 0.1) is 29.6 Å². The van der Waals surface area contributed by atoms with E-state index < -0.39 is 0 Å². The van der Waals surface area contributed by atoms with Crippen LogP contribution >= 0.6 is 0 Å². The van der Waals surface area contributed by atoms with Crippen LogP contribution in [0.4, 0.5) is 5.69 Å². The summed E-state index contributed by atoms with van der Waals surface area (Å²) in [5.41, 5.74) is 5.82. The largest absolute Gasteiger partial charge is 0.334 e. The van der Waals surface area contributed by atoms with Gasteiger partial charge in [-0.05, 0) is 31.2 Å². The molecule has 25 heavy (non-hydrogen) atoms. The molecule has 3 rings (SSSR count). The Labute approximate surface area is 143 Å². The minimum Gasteiger partial charge on any atom is -0.334 e. The van der Waals surface area contributed by atoms with Gasteiger partial charge in [0.05, 0.1) is 5.69 Å². The molecule has 0 saturated heterocycles. The Bertz CT molecular complexity index is 972. The van der Waals surface area contributed by atoms with E-state index in [2.05, 4.69) is 20.7 Å². The SMILES string of the molecule is Cc1ccc(-c2noc(-c3ccc(NN=C(C#N)C#N)cc3)n2)cc1. The third-order valence-corrected chi connectivity index (χ3v) is 3.38. The Balaban J connectivity index is 1.77. The average Bonchev–Trinajstić information content (AvgIpc) is 3.14. The number of aryl methyl sites for hydroxylation is 1. The van der Waals surface area contributed by atoms with E-state index in [1.54, 1.807) is 36.4 Å². The summed E-state index contributed by atoms with van der Waals surface area (Å²) in [7, 11) is 0. The Kier molecular flexibility index (Phi) is 4.50. The number of anilines is 1. The summed E-state index contributed by atoms with van der Waals surface area (Å²) in [6, 6.07) is 18.2. The number of nitrogens with zero attached hydrogens (tertiary/aromatic N) is 5. The first-order valence-electron chi connectivity index (χ1n) is 7.34. The van der Waals surface area contributed by atoms with Gasteiger partial charge in [-0.25, -0.2) is 0 Å². The van der Waals surface area contributed by atoms with E-state index in [1.165, 1.54) is 0 Å². The maximum atomic E-state index is 8.64. The summed E-state index contributed by atoms with van der Waals surface area (Å²) in [4.78, 5) is 4.40. The molecular formula is C18H12N6O. The monoisotopic (exact) mass is 328 g/mol. The molecule has 3 aromatic rings. The molecule has 0 unspecified atom stereocenters.